The zero-order valence-corrected chi connectivity index (χ0v) is 14.4. The van der Waals surface area contributed by atoms with E-state index in [0.29, 0.717) is 6.04 Å². The van der Waals surface area contributed by atoms with Gasteiger partial charge in [0.1, 0.15) is 0 Å². The summed E-state index contributed by atoms with van der Waals surface area (Å²) in [6.07, 6.45) is 9.10. The molecule has 0 radical (unpaired) electrons. The lowest BCUT2D eigenvalue weighted by atomic mass is 9.78. The van der Waals surface area contributed by atoms with Gasteiger partial charge in [-0.3, -0.25) is 0 Å². The van der Waals surface area contributed by atoms with Crippen LogP contribution in [0, 0.1) is 0 Å². The average Bonchev–Trinajstić information content (AvgIpc) is 2.73. The van der Waals surface area contributed by atoms with Gasteiger partial charge in [0.15, 0.2) is 0 Å². The van der Waals surface area contributed by atoms with Gasteiger partial charge in [-0.1, -0.05) is 49.4 Å². The van der Waals surface area contributed by atoms with E-state index < -0.39 is 0 Å². The average molecular weight is 309 g/mol. The highest BCUT2D eigenvalue weighted by atomic mass is 35.5. The normalized spacial score (nSPS) is 20.2. The summed E-state index contributed by atoms with van der Waals surface area (Å²) in [5, 5.41) is 4.43. The Bertz CT molecular complexity index is 419. The molecule has 1 saturated carbocycles. The minimum Gasteiger partial charge on any atom is -0.315 e. The number of halogens is 1. The molecule has 0 heterocycles. The topological polar surface area (TPSA) is 15.3 Å². The number of rotatable bonds is 5. The fourth-order valence-electron chi connectivity index (χ4n) is 3.87. The van der Waals surface area contributed by atoms with Crippen molar-refractivity contribution in [3.8, 4) is 0 Å². The molecule has 1 aromatic rings. The first kappa shape index (κ1) is 16.8. The minimum atomic E-state index is 0.269. The van der Waals surface area contributed by atoms with Crippen LogP contribution in [0.3, 0.4) is 0 Å². The molecule has 2 rings (SSSR count). The van der Waals surface area contributed by atoms with Crippen LogP contribution >= 0.6 is 11.6 Å². The predicted molar refractivity (Wildman–Crippen MR) is 92.1 cm³/mol. The van der Waals surface area contributed by atoms with E-state index >= 15 is 0 Å². The number of benzene rings is 1. The first-order chi connectivity index (χ1) is 10.1. The third kappa shape index (κ3) is 4.00. The molecule has 21 heavy (non-hydrogen) atoms. The Morgan fingerprint density at radius 1 is 1.10 bits per heavy atom. The molecule has 1 aromatic carbocycles. The summed E-state index contributed by atoms with van der Waals surface area (Å²) in [4.78, 5) is 2.47. The molecule has 0 bridgehead atoms. The van der Waals surface area contributed by atoms with Crippen molar-refractivity contribution in [1.82, 2.24) is 10.2 Å². The molecular weight excluding hydrogens is 280 g/mol. The van der Waals surface area contributed by atoms with Crippen molar-refractivity contribution in [1.29, 1.82) is 0 Å². The van der Waals surface area contributed by atoms with Crippen LogP contribution in [0.2, 0.25) is 5.02 Å². The highest BCUT2D eigenvalue weighted by Crippen LogP contribution is 2.35. The van der Waals surface area contributed by atoms with Crippen molar-refractivity contribution in [3.05, 3.63) is 34.9 Å². The number of nitrogens with zero attached hydrogens (tertiary/aromatic N) is 1. The van der Waals surface area contributed by atoms with Crippen molar-refractivity contribution in [3.63, 3.8) is 0 Å². The maximum Gasteiger partial charge on any atom is 0.0406 e. The Morgan fingerprint density at radius 3 is 2.14 bits per heavy atom. The fraction of sp³-hybridized carbons (Fsp3) is 0.667. The molecule has 1 N–H and O–H groups in total. The molecule has 0 spiro atoms. The molecular formula is C18H29ClN2. The summed E-state index contributed by atoms with van der Waals surface area (Å²) in [5.41, 5.74) is 1.63. The maximum absolute atomic E-state index is 6.01. The molecule has 3 heteroatoms. The SMILES string of the molecule is CNC(Cc1ccc(Cl)cc1)C1(N(C)C)CCCCCC1. The van der Waals surface area contributed by atoms with E-state index in [9.17, 15) is 0 Å². The van der Waals surface area contributed by atoms with Crippen LogP contribution in [0.15, 0.2) is 24.3 Å². The Labute approximate surface area is 134 Å². The second-order valence-corrected chi connectivity index (χ2v) is 7.02. The third-order valence-corrected chi connectivity index (χ3v) is 5.46. The summed E-state index contributed by atoms with van der Waals surface area (Å²) in [6, 6.07) is 8.80. The third-order valence-electron chi connectivity index (χ3n) is 5.21. The standard InChI is InChI=1S/C18H29ClN2/c1-20-17(14-15-8-10-16(19)11-9-15)18(21(2)3)12-6-4-5-7-13-18/h8-11,17,20H,4-7,12-14H2,1-3H3. The highest BCUT2D eigenvalue weighted by molar-refractivity contribution is 6.30. The van der Waals surface area contributed by atoms with E-state index in [0.717, 1.165) is 11.4 Å². The van der Waals surface area contributed by atoms with Crippen molar-refractivity contribution >= 4 is 11.6 Å². The van der Waals surface area contributed by atoms with Crippen LogP contribution in [-0.4, -0.2) is 37.6 Å². The second-order valence-electron chi connectivity index (χ2n) is 6.58. The summed E-state index contributed by atoms with van der Waals surface area (Å²) in [7, 11) is 6.60. The van der Waals surface area contributed by atoms with E-state index in [1.54, 1.807) is 0 Å². The molecule has 1 unspecified atom stereocenters. The van der Waals surface area contributed by atoms with Crippen molar-refractivity contribution < 1.29 is 0 Å². The molecule has 1 fully saturated rings. The number of hydrogen-bond acceptors (Lipinski definition) is 2. The maximum atomic E-state index is 6.01. The predicted octanol–water partition coefficient (Wildman–Crippen LogP) is 4.13. The highest BCUT2D eigenvalue weighted by Gasteiger charge is 2.40. The molecule has 1 aliphatic rings. The number of nitrogens with one attached hydrogen (secondary N) is 1. The van der Waals surface area contributed by atoms with E-state index in [-0.39, 0.29) is 5.54 Å². The van der Waals surface area contributed by atoms with E-state index in [1.165, 1.54) is 44.1 Å². The lowest BCUT2D eigenvalue weighted by molar-refractivity contribution is 0.0835. The Morgan fingerprint density at radius 2 is 1.67 bits per heavy atom. The first-order valence-corrected chi connectivity index (χ1v) is 8.55. The van der Waals surface area contributed by atoms with Gasteiger partial charge in [0.05, 0.1) is 0 Å². The number of hydrogen-bond donors (Lipinski definition) is 1. The Hall–Kier alpha value is -0.570. The van der Waals surface area contributed by atoms with Crippen LogP contribution in [0.5, 0.6) is 0 Å². The summed E-state index contributed by atoms with van der Waals surface area (Å²) < 4.78 is 0. The van der Waals surface area contributed by atoms with E-state index in [2.05, 4.69) is 43.5 Å². The molecule has 0 aromatic heterocycles. The molecule has 0 amide bonds. The fourth-order valence-corrected chi connectivity index (χ4v) is 3.99. The number of likely N-dealkylation sites (N-methyl/N-ethyl adjacent to an activating group) is 2. The van der Waals surface area contributed by atoms with Crippen molar-refractivity contribution in [2.75, 3.05) is 21.1 Å². The summed E-state index contributed by atoms with van der Waals surface area (Å²) in [5.74, 6) is 0. The second kappa shape index (κ2) is 7.62. The van der Waals surface area contributed by atoms with Gasteiger partial charge in [0.25, 0.3) is 0 Å². The molecule has 118 valence electrons. The molecule has 1 atom stereocenters. The van der Waals surface area contributed by atoms with Gasteiger partial charge in [-0.05, 0) is 58.1 Å². The summed E-state index contributed by atoms with van der Waals surface area (Å²) >= 11 is 6.01. The van der Waals surface area contributed by atoms with Crippen LogP contribution in [0.1, 0.15) is 44.1 Å². The first-order valence-electron chi connectivity index (χ1n) is 8.17. The Kier molecular flexibility index (Phi) is 6.09. The van der Waals surface area contributed by atoms with Gasteiger partial charge in [-0.25, -0.2) is 0 Å². The van der Waals surface area contributed by atoms with Gasteiger partial charge in [-0.15, -0.1) is 0 Å². The molecule has 0 saturated heterocycles. The lowest BCUT2D eigenvalue weighted by Crippen LogP contribution is -2.59. The molecule has 0 aliphatic heterocycles. The van der Waals surface area contributed by atoms with Gasteiger partial charge < -0.3 is 10.2 Å². The lowest BCUT2D eigenvalue weighted by Gasteiger charge is -2.46. The zero-order chi connectivity index (χ0) is 15.3. The van der Waals surface area contributed by atoms with Crippen LogP contribution in [-0.2, 0) is 6.42 Å². The van der Waals surface area contributed by atoms with Crippen LogP contribution in [0.25, 0.3) is 0 Å². The van der Waals surface area contributed by atoms with E-state index in [4.69, 9.17) is 11.6 Å². The largest absolute Gasteiger partial charge is 0.315 e. The van der Waals surface area contributed by atoms with E-state index in [1.807, 2.05) is 12.1 Å². The van der Waals surface area contributed by atoms with Crippen LogP contribution in [0.4, 0.5) is 0 Å². The monoisotopic (exact) mass is 308 g/mol. The van der Waals surface area contributed by atoms with Gasteiger partial charge >= 0.3 is 0 Å². The molecule has 1 aliphatic carbocycles. The minimum absolute atomic E-state index is 0.269. The van der Waals surface area contributed by atoms with Gasteiger partial charge in [0.2, 0.25) is 0 Å². The van der Waals surface area contributed by atoms with Gasteiger partial charge in [-0.2, -0.15) is 0 Å². The van der Waals surface area contributed by atoms with Crippen LogP contribution < -0.4 is 5.32 Å². The van der Waals surface area contributed by atoms with Crippen molar-refractivity contribution in [2.24, 2.45) is 0 Å². The Balaban J connectivity index is 2.20. The van der Waals surface area contributed by atoms with Gasteiger partial charge in [0, 0.05) is 16.6 Å². The summed E-state index contributed by atoms with van der Waals surface area (Å²) in [6.45, 7) is 0. The smallest absolute Gasteiger partial charge is 0.0406 e. The van der Waals surface area contributed by atoms with Crippen molar-refractivity contribution in [2.45, 2.75) is 56.5 Å². The molecule has 2 nitrogen and oxygen atoms in total. The zero-order valence-electron chi connectivity index (χ0n) is 13.7. The quantitative estimate of drug-likeness (QED) is 0.823.